The van der Waals surface area contributed by atoms with Gasteiger partial charge in [0.1, 0.15) is 14.2 Å². The Kier molecular flexibility index (Phi) is 3.09. The fraction of sp³-hybridized carbons (Fsp3) is 0.353. The van der Waals surface area contributed by atoms with E-state index in [1.54, 1.807) is 12.1 Å². The van der Waals surface area contributed by atoms with Crippen molar-refractivity contribution in [3.8, 4) is 11.3 Å². The first-order valence-corrected chi connectivity index (χ1v) is 6.48. The zero-order chi connectivity index (χ0) is 15.1. The lowest BCUT2D eigenvalue weighted by Crippen LogP contribution is -2.30. The van der Waals surface area contributed by atoms with Crippen molar-refractivity contribution in [1.29, 1.82) is 0 Å². The highest BCUT2D eigenvalue weighted by Gasteiger charge is 2.22. The Hall–Kier alpha value is -1.70. The summed E-state index contributed by atoms with van der Waals surface area (Å²) in [6.45, 7) is 7.92. The molecule has 0 aliphatic rings. The van der Waals surface area contributed by atoms with E-state index in [1.807, 2.05) is 57.5 Å². The van der Waals surface area contributed by atoms with Crippen molar-refractivity contribution in [1.82, 2.24) is 0 Å². The van der Waals surface area contributed by atoms with Crippen molar-refractivity contribution in [2.45, 2.75) is 33.1 Å². The molecule has 0 spiro atoms. The monoisotopic (exact) mass is 259 g/mol. The lowest BCUT2D eigenvalue weighted by molar-refractivity contribution is -0.660. The van der Waals surface area contributed by atoms with Crippen molar-refractivity contribution >= 4 is 0 Å². The topological polar surface area (TPSA) is 3.88 Å². The van der Waals surface area contributed by atoms with E-state index in [2.05, 4.69) is 0 Å². The summed E-state index contributed by atoms with van der Waals surface area (Å²) < 4.78 is 23.9. The van der Waals surface area contributed by atoms with Gasteiger partial charge < -0.3 is 0 Å². The number of aromatic nitrogens is 1. The summed E-state index contributed by atoms with van der Waals surface area (Å²) in [7, 11) is 1.86. The van der Waals surface area contributed by atoms with E-state index in [0.717, 1.165) is 16.8 Å². The van der Waals surface area contributed by atoms with Crippen LogP contribution in [0.1, 0.15) is 33.3 Å². The number of halogens is 1. The molecule has 0 bridgehead atoms. The molecule has 0 unspecified atom stereocenters. The second-order valence-electron chi connectivity index (χ2n) is 6.00. The fourth-order valence-electron chi connectivity index (χ4n) is 2.27. The number of hydrogen-bond acceptors (Lipinski definition) is 0. The number of rotatable bonds is 1. The first-order valence-electron chi connectivity index (χ1n) is 6.98. The van der Waals surface area contributed by atoms with Crippen molar-refractivity contribution in [3.05, 3.63) is 53.4 Å². The van der Waals surface area contributed by atoms with E-state index in [9.17, 15) is 4.39 Å². The Morgan fingerprint density at radius 3 is 2.53 bits per heavy atom. The second-order valence-corrected chi connectivity index (χ2v) is 6.00. The quantitative estimate of drug-likeness (QED) is 0.683. The van der Waals surface area contributed by atoms with Gasteiger partial charge in [0.2, 0.25) is 5.69 Å². The first kappa shape index (κ1) is 12.3. The zero-order valence-corrected chi connectivity index (χ0v) is 12.2. The summed E-state index contributed by atoms with van der Waals surface area (Å²) in [4.78, 5) is 0. The molecule has 0 saturated carbocycles. The summed E-state index contributed by atoms with van der Waals surface area (Å²) >= 11 is 0. The molecule has 0 N–H and O–H groups in total. The van der Waals surface area contributed by atoms with Gasteiger partial charge in [-0.15, -0.1) is 0 Å². The molecule has 0 aliphatic carbocycles. The molecule has 0 aliphatic heterocycles. The largest absolute Gasteiger partial charge is 0.212 e. The molecule has 0 atom stereocenters. The van der Waals surface area contributed by atoms with Gasteiger partial charge in [-0.2, -0.15) is 0 Å². The Morgan fingerprint density at radius 1 is 1.21 bits per heavy atom. The molecular weight excluding hydrogens is 237 g/mol. The van der Waals surface area contributed by atoms with Crippen LogP contribution in [0.4, 0.5) is 4.39 Å². The number of hydrogen-bond donors (Lipinski definition) is 0. The third kappa shape index (κ3) is 2.67. The van der Waals surface area contributed by atoms with Crippen molar-refractivity contribution < 1.29 is 10.3 Å². The molecule has 2 heteroatoms. The summed E-state index contributed by atoms with van der Waals surface area (Å²) in [6, 6.07) is 9.07. The molecule has 0 saturated heterocycles. The number of pyridine rings is 1. The van der Waals surface area contributed by atoms with Gasteiger partial charge in [0.05, 0.1) is 0 Å². The Balaban J connectivity index is 2.72. The van der Waals surface area contributed by atoms with Crippen molar-refractivity contribution in [3.63, 3.8) is 0 Å². The normalized spacial score (nSPS) is 12.4. The van der Waals surface area contributed by atoms with Crippen molar-refractivity contribution in [2.24, 2.45) is 7.05 Å². The SMILES string of the molecule is [2H]c1cccc(-c2cc(C(C)(C)C)c(F)cc2C)[n+]1C. The summed E-state index contributed by atoms with van der Waals surface area (Å²) in [5.41, 5.74) is 3.25. The lowest BCUT2D eigenvalue weighted by atomic mass is 9.84. The van der Waals surface area contributed by atoms with E-state index >= 15 is 0 Å². The van der Waals surface area contributed by atoms with E-state index in [0.29, 0.717) is 11.7 Å². The van der Waals surface area contributed by atoms with Crippen LogP contribution in [-0.2, 0) is 12.5 Å². The Bertz CT molecular complexity index is 657. The molecule has 1 aromatic carbocycles. The highest BCUT2D eigenvalue weighted by Crippen LogP contribution is 2.31. The van der Waals surface area contributed by atoms with Crippen LogP contribution in [0.25, 0.3) is 11.3 Å². The van der Waals surface area contributed by atoms with Crippen molar-refractivity contribution in [2.75, 3.05) is 0 Å². The predicted octanol–water partition coefficient (Wildman–Crippen LogP) is 3.92. The van der Waals surface area contributed by atoms with Crippen LogP contribution in [0.15, 0.2) is 36.5 Å². The van der Waals surface area contributed by atoms with E-state index in [-0.39, 0.29) is 11.2 Å². The third-order valence-electron chi connectivity index (χ3n) is 3.38. The average Bonchev–Trinajstić information content (AvgIpc) is 2.32. The maximum Gasteiger partial charge on any atom is 0.212 e. The van der Waals surface area contributed by atoms with Gasteiger partial charge in [0, 0.05) is 17.7 Å². The van der Waals surface area contributed by atoms with Crippen LogP contribution in [0.3, 0.4) is 0 Å². The molecule has 2 rings (SSSR count). The highest BCUT2D eigenvalue weighted by molar-refractivity contribution is 5.62. The van der Waals surface area contributed by atoms with Crippen LogP contribution in [0.2, 0.25) is 0 Å². The molecule has 0 amide bonds. The maximum atomic E-state index is 14.2. The van der Waals surface area contributed by atoms with Crippen LogP contribution >= 0.6 is 0 Å². The van der Waals surface area contributed by atoms with Crippen LogP contribution in [-0.4, -0.2) is 0 Å². The van der Waals surface area contributed by atoms with Gasteiger partial charge in [-0.05, 0) is 41.7 Å². The zero-order valence-electron chi connectivity index (χ0n) is 13.2. The van der Waals surface area contributed by atoms with Gasteiger partial charge in [-0.1, -0.05) is 20.8 Å². The molecule has 1 nitrogen and oxygen atoms in total. The maximum absolute atomic E-state index is 14.2. The highest BCUT2D eigenvalue weighted by atomic mass is 19.1. The molecular formula is C17H21FN+. The van der Waals surface area contributed by atoms with Gasteiger partial charge in [0.15, 0.2) is 6.17 Å². The number of benzene rings is 1. The smallest absolute Gasteiger partial charge is 0.207 e. The van der Waals surface area contributed by atoms with Crippen LogP contribution < -0.4 is 4.57 Å². The average molecular weight is 259 g/mol. The first-order chi connectivity index (χ1) is 9.21. The number of aryl methyl sites for hydroxylation is 1. The predicted molar refractivity (Wildman–Crippen MR) is 76.4 cm³/mol. The van der Waals surface area contributed by atoms with E-state index in [1.165, 1.54) is 0 Å². The Labute approximate surface area is 116 Å². The molecule has 19 heavy (non-hydrogen) atoms. The van der Waals surface area contributed by atoms with Crippen LogP contribution in [0.5, 0.6) is 0 Å². The minimum Gasteiger partial charge on any atom is -0.207 e. The van der Waals surface area contributed by atoms with E-state index < -0.39 is 0 Å². The van der Waals surface area contributed by atoms with Gasteiger partial charge in [-0.25, -0.2) is 8.96 Å². The minimum atomic E-state index is -0.246. The molecule has 0 radical (unpaired) electrons. The third-order valence-corrected chi connectivity index (χ3v) is 3.38. The van der Waals surface area contributed by atoms with Crippen LogP contribution in [0, 0.1) is 12.7 Å². The standard InChI is InChI=1S/C17H21FN/c1-12-10-15(18)14(17(2,3)4)11-13(12)16-8-6-7-9-19(16)5/h6-11H,1-5H3/q+1/i9D. The van der Waals surface area contributed by atoms with Gasteiger partial charge >= 0.3 is 0 Å². The molecule has 1 heterocycles. The summed E-state index contributed by atoms with van der Waals surface area (Å²) in [5.74, 6) is -0.163. The number of nitrogens with zero attached hydrogens (tertiary/aromatic N) is 1. The molecule has 2 aromatic rings. The minimum absolute atomic E-state index is 0.163. The van der Waals surface area contributed by atoms with Gasteiger partial charge in [0.25, 0.3) is 0 Å². The summed E-state index contributed by atoms with van der Waals surface area (Å²) in [6.07, 6.45) is 0.434. The molecule has 1 aromatic heterocycles. The molecule has 0 fully saturated rings. The molecule has 100 valence electrons. The summed E-state index contributed by atoms with van der Waals surface area (Å²) in [5, 5.41) is 0. The lowest BCUT2D eigenvalue weighted by Gasteiger charge is -2.21. The van der Waals surface area contributed by atoms with E-state index in [4.69, 9.17) is 1.37 Å². The second kappa shape index (κ2) is 4.76. The fourth-order valence-corrected chi connectivity index (χ4v) is 2.27. The Morgan fingerprint density at radius 2 is 1.89 bits per heavy atom. The van der Waals surface area contributed by atoms with Gasteiger partial charge in [-0.3, -0.25) is 0 Å².